The van der Waals surface area contributed by atoms with E-state index in [2.05, 4.69) is 22.2 Å². The maximum absolute atomic E-state index is 5.51. The largest absolute Gasteiger partial charge is 0.475 e. The summed E-state index contributed by atoms with van der Waals surface area (Å²) in [4.78, 5) is 7.90. The molecule has 6 nitrogen and oxygen atoms in total. The molecule has 0 aliphatic carbocycles. The first-order valence-corrected chi connectivity index (χ1v) is 5.29. The molecule has 90 valence electrons. The summed E-state index contributed by atoms with van der Waals surface area (Å²) in [5.41, 5.74) is 5.51. The molecule has 0 aliphatic heterocycles. The van der Waals surface area contributed by atoms with E-state index in [9.17, 15) is 0 Å². The number of aromatic nitrogens is 2. The van der Waals surface area contributed by atoms with Gasteiger partial charge >= 0.3 is 0 Å². The number of anilines is 2. The van der Waals surface area contributed by atoms with Gasteiger partial charge in [-0.25, -0.2) is 0 Å². The Bertz CT molecular complexity index is 320. The van der Waals surface area contributed by atoms with Gasteiger partial charge < -0.3 is 20.5 Å². The summed E-state index contributed by atoms with van der Waals surface area (Å²) in [5.74, 6) is 1.28. The van der Waals surface area contributed by atoms with Crippen molar-refractivity contribution in [1.82, 2.24) is 9.97 Å². The number of hydrogen-bond acceptors (Lipinski definition) is 6. The van der Waals surface area contributed by atoms with Crippen LogP contribution in [0.3, 0.4) is 0 Å². The highest BCUT2D eigenvalue weighted by Gasteiger charge is 2.01. The lowest BCUT2D eigenvalue weighted by Gasteiger charge is -2.07. The van der Waals surface area contributed by atoms with Crippen molar-refractivity contribution in [3.63, 3.8) is 0 Å². The van der Waals surface area contributed by atoms with E-state index in [0.29, 0.717) is 24.9 Å². The van der Waals surface area contributed by atoms with E-state index >= 15 is 0 Å². The van der Waals surface area contributed by atoms with Gasteiger partial charge in [0.05, 0.1) is 6.61 Å². The monoisotopic (exact) mass is 226 g/mol. The molecule has 0 saturated carbocycles. The van der Waals surface area contributed by atoms with Crippen molar-refractivity contribution in [2.75, 3.05) is 37.9 Å². The SMILES string of the molecule is CCCOCCOc1cc(NC)nc(N)n1. The zero-order valence-corrected chi connectivity index (χ0v) is 9.69. The quantitative estimate of drug-likeness (QED) is 0.672. The fourth-order valence-electron chi connectivity index (χ4n) is 1.10. The van der Waals surface area contributed by atoms with Gasteiger partial charge in [0.15, 0.2) is 0 Å². The Kier molecular flexibility index (Phi) is 5.35. The molecule has 1 heterocycles. The lowest BCUT2D eigenvalue weighted by atomic mass is 10.5. The first-order chi connectivity index (χ1) is 7.76. The molecular formula is C10H18N4O2. The van der Waals surface area contributed by atoms with Gasteiger partial charge in [0.25, 0.3) is 0 Å². The third kappa shape index (κ3) is 4.31. The van der Waals surface area contributed by atoms with E-state index < -0.39 is 0 Å². The van der Waals surface area contributed by atoms with Gasteiger partial charge in [0.2, 0.25) is 11.8 Å². The molecule has 0 atom stereocenters. The zero-order chi connectivity index (χ0) is 11.8. The minimum Gasteiger partial charge on any atom is -0.475 e. The summed E-state index contributed by atoms with van der Waals surface area (Å²) in [6.07, 6.45) is 1.00. The van der Waals surface area contributed by atoms with E-state index in [1.165, 1.54) is 0 Å². The fourth-order valence-corrected chi connectivity index (χ4v) is 1.10. The van der Waals surface area contributed by atoms with Gasteiger partial charge in [-0.3, -0.25) is 0 Å². The number of rotatable bonds is 7. The molecule has 0 unspecified atom stereocenters. The lowest BCUT2D eigenvalue weighted by Crippen LogP contribution is -2.09. The molecule has 0 radical (unpaired) electrons. The van der Waals surface area contributed by atoms with Crippen LogP contribution in [0.4, 0.5) is 11.8 Å². The van der Waals surface area contributed by atoms with Crippen LogP contribution in [0.5, 0.6) is 5.88 Å². The number of nitrogens with two attached hydrogens (primary N) is 1. The van der Waals surface area contributed by atoms with E-state index in [0.717, 1.165) is 13.0 Å². The molecule has 3 N–H and O–H groups in total. The third-order valence-corrected chi connectivity index (χ3v) is 1.80. The third-order valence-electron chi connectivity index (χ3n) is 1.80. The molecule has 6 heteroatoms. The Balaban J connectivity index is 2.38. The summed E-state index contributed by atoms with van der Waals surface area (Å²) < 4.78 is 10.7. The van der Waals surface area contributed by atoms with Gasteiger partial charge in [-0.05, 0) is 6.42 Å². The predicted molar refractivity (Wildman–Crippen MR) is 62.6 cm³/mol. The molecule has 0 aromatic carbocycles. The normalized spacial score (nSPS) is 10.1. The highest BCUT2D eigenvalue weighted by Crippen LogP contribution is 2.13. The number of nitrogens with one attached hydrogen (secondary N) is 1. The molecule has 0 fully saturated rings. The lowest BCUT2D eigenvalue weighted by molar-refractivity contribution is 0.0990. The maximum atomic E-state index is 5.51. The van der Waals surface area contributed by atoms with Crippen LogP contribution in [0, 0.1) is 0 Å². The average molecular weight is 226 g/mol. The molecule has 0 spiro atoms. The summed E-state index contributed by atoms with van der Waals surface area (Å²) >= 11 is 0. The van der Waals surface area contributed by atoms with Gasteiger partial charge in [0.1, 0.15) is 12.4 Å². The van der Waals surface area contributed by atoms with Crippen molar-refractivity contribution < 1.29 is 9.47 Å². The van der Waals surface area contributed by atoms with Crippen molar-refractivity contribution in [3.05, 3.63) is 6.07 Å². The standard InChI is InChI=1S/C10H18N4O2/c1-3-4-15-5-6-16-9-7-8(12-2)13-10(11)14-9/h7H,3-6H2,1-2H3,(H3,11,12,13,14). The predicted octanol–water partition coefficient (Wildman–Crippen LogP) is 0.906. The minimum absolute atomic E-state index is 0.191. The van der Waals surface area contributed by atoms with Crippen molar-refractivity contribution in [3.8, 4) is 5.88 Å². The van der Waals surface area contributed by atoms with Crippen molar-refractivity contribution >= 4 is 11.8 Å². The molecule has 0 saturated heterocycles. The summed E-state index contributed by atoms with van der Waals surface area (Å²) in [7, 11) is 1.76. The van der Waals surface area contributed by atoms with Crippen LogP contribution < -0.4 is 15.8 Å². The molecule has 16 heavy (non-hydrogen) atoms. The Morgan fingerprint density at radius 3 is 2.81 bits per heavy atom. The summed E-state index contributed by atoms with van der Waals surface area (Å²) in [6.45, 7) is 3.81. The first-order valence-electron chi connectivity index (χ1n) is 5.29. The second-order valence-corrected chi connectivity index (χ2v) is 3.16. The minimum atomic E-state index is 0.191. The van der Waals surface area contributed by atoms with Crippen LogP contribution >= 0.6 is 0 Å². The number of hydrogen-bond donors (Lipinski definition) is 2. The molecule has 1 aromatic rings. The average Bonchev–Trinajstić information content (AvgIpc) is 2.28. The van der Waals surface area contributed by atoms with Crippen LogP contribution in [0.2, 0.25) is 0 Å². The van der Waals surface area contributed by atoms with Crippen molar-refractivity contribution in [1.29, 1.82) is 0 Å². The Hall–Kier alpha value is -1.56. The van der Waals surface area contributed by atoms with E-state index in [-0.39, 0.29) is 5.95 Å². The second-order valence-electron chi connectivity index (χ2n) is 3.16. The highest BCUT2D eigenvalue weighted by atomic mass is 16.5. The summed E-state index contributed by atoms with van der Waals surface area (Å²) in [5, 5.41) is 2.88. The highest BCUT2D eigenvalue weighted by molar-refractivity contribution is 5.41. The van der Waals surface area contributed by atoms with Crippen LogP contribution in [0.15, 0.2) is 6.07 Å². The molecular weight excluding hydrogens is 208 g/mol. The molecule has 0 bridgehead atoms. The van der Waals surface area contributed by atoms with Gasteiger partial charge in [-0.2, -0.15) is 9.97 Å². The topological polar surface area (TPSA) is 82.3 Å². The maximum Gasteiger partial charge on any atom is 0.225 e. The molecule has 0 amide bonds. The van der Waals surface area contributed by atoms with Gasteiger partial charge in [0, 0.05) is 19.7 Å². The van der Waals surface area contributed by atoms with Gasteiger partial charge in [-0.15, -0.1) is 0 Å². The Morgan fingerprint density at radius 1 is 1.31 bits per heavy atom. The van der Waals surface area contributed by atoms with Crippen molar-refractivity contribution in [2.45, 2.75) is 13.3 Å². The molecule has 0 aliphatic rings. The number of nitrogens with zero attached hydrogens (tertiary/aromatic N) is 2. The Labute approximate surface area is 95.2 Å². The van der Waals surface area contributed by atoms with E-state index in [1.54, 1.807) is 13.1 Å². The summed E-state index contributed by atoms with van der Waals surface area (Å²) in [6, 6.07) is 1.69. The molecule has 1 aromatic heterocycles. The van der Waals surface area contributed by atoms with Gasteiger partial charge in [-0.1, -0.05) is 6.92 Å². The molecule has 1 rings (SSSR count). The van der Waals surface area contributed by atoms with E-state index in [1.807, 2.05) is 0 Å². The van der Waals surface area contributed by atoms with Crippen LogP contribution in [-0.2, 0) is 4.74 Å². The van der Waals surface area contributed by atoms with Crippen LogP contribution in [0.1, 0.15) is 13.3 Å². The van der Waals surface area contributed by atoms with Crippen LogP contribution in [-0.4, -0.2) is 36.8 Å². The smallest absolute Gasteiger partial charge is 0.225 e. The zero-order valence-electron chi connectivity index (χ0n) is 9.69. The van der Waals surface area contributed by atoms with Crippen molar-refractivity contribution in [2.24, 2.45) is 0 Å². The number of nitrogen functional groups attached to an aromatic ring is 1. The van der Waals surface area contributed by atoms with E-state index in [4.69, 9.17) is 15.2 Å². The number of ether oxygens (including phenoxy) is 2. The second kappa shape index (κ2) is 6.84. The van der Waals surface area contributed by atoms with Crippen LogP contribution in [0.25, 0.3) is 0 Å². The first kappa shape index (κ1) is 12.5. The Morgan fingerprint density at radius 2 is 2.12 bits per heavy atom. The fraction of sp³-hybridized carbons (Fsp3) is 0.600.